The minimum Gasteiger partial charge on any atom is -0.378 e. The van der Waals surface area contributed by atoms with Gasteiger partial charge in [0.05, 0.1) is 18.7 Å². The van der Waals surface area contributed by atoms with Gasteiger partial charge in [-0.15, -0.1) is 0 Å². The molecule has 5 fully saturated rings. The van der Waals surface area contributed by atoms with E-state index in [1.807, 2.05) is 24.3 Å². The Balaban J connectivity index is 1.33. The summed E-state index contributed by atoms with van der Waals surface area (Å²) in [6.07, 6.45) is 11.4. The predicted molar refractivity (Wildman–Crippen MR) is 119 cm³/mol. The molecule has 1 aromatic carbocycles. The Morgan fingerprint density at radius 1 is 1.03 bits per heavy atom. The van der Waals surface area contributed by atoms with Crippen LogP contribution < -0.4 is 4.90 Å². The molecule has 0 unspecified atom stereocenters. The maximum atomic E-state index is 13.5. The highest BCUT2D eigenvalue weighted by Gasteiger charge is 2.53. The normalized spacial score (nSPS) is 32.9. The SMILES string of the molecule is O=C(/C=C/c1cc2ccccc2nc1N1CCOCC1)C12CC3CC(CC(C3)C1)C2. The Hall–Kier alpha value is -2.20. The number of aromatic nitrogens is 1. The molecule has 0 radical (unpaired) electrons. The van der Waals surface area contributed by atoms with Gasteiger partial charge in [-0.3, -0.25) is 4.79 Å². The lowest BCUT2D eigenvalue weighted by Crippen LogP contribution is -2.49. The van der Waals surface area contributed by atoms with Crippen molar-refractivity contribution in [2.45, 2.75) is 38.5 Å². The summed E-state index contributed by atoms with van der Waals surface area (Å²) in [7, 11) is 0. The standard InChI is InChI=1S/C26H30N2O2/c29-24(26-15-18-11-19(16-26)13-20(12-18)17-26)6-5-22-14-21-3-1-2-4-23(21)27-25(22)28-7-9-30-10-8-28/h1-6,14,18-20H,7-13,15-17H2/b6-5+. The first-order chi connectivity index (χ1) is 14.7. The summed E-state index contributed by atoms with van der Waals surface area (Å²) in [5, 5.41) is 1.12. The van der Waals surface area contributed by atoms with Crippen LogP contribution in [0.15, 0.2) is 36.4 Å². The number of para-hydroxylation sites is 1. The summed E-state index contributed by atoms with van der Waals surface area (Å²) in [6, 6.07) is 10.4. The van der Waals surface area contributed by atoms with Crippen molar-refractivity contribution in [1.29, 1.82) is 0 Å². The van der Waals surface area contributed by atoms with Crippen LogP contribution in [0.2, 0.25) is 0 Å². The molecule has 1 aromatic heterocycles. The third kappa shape index (κ3) is 3.17. The average Bonchev–Trinajstić information content (AvgIpc) is 2.76. The molecule has 2 aromatic rings. The number of hydrogen-bond acceptors (Lipinski definition) is 4. The summed E-state index contributed by atoms with van der Waals surface area (Å²) < 4.78 is 5.54. The predicted octanol–water partition coefficient (Wildman–Crippen LogP) is 4.87. The average molecular weight is 403 g/mol. The van der Waals surface area contributed by atoms with Crippen molar-refractivity contribution < 1.29 is 9.53 Å². The third-order valence-electron chi connectivity index (χ3n) is 8.02. The fourth-order valence-electron chi connectivity index (χ4n) is 7.03. The fraction of sp³-hybridized carbons (Fsp3) is 0.538. The van der Waals surface area contributed by atoms with Gasteiger partial charge in [0.2, 0.25) is 0 Å². The number of nitrogens with zero attached hydrogens (tertiary/aromatic N) is 2. The zero-order chi connectivity index (χ0) is 20.1. The summed E-state index contributed by atoms with van der Waals surface area (Å²) in [6.45, 7) is 3.14. The van der Waals surface area contributed by atoms with E-state index in [4.69, 9.17) is 9.72 Å². The van der Waals surface area contributed by atoms with E-state index in [1.165, 1.54) is 19.3 Å². The summed E-state index contributed by atoms with van der Waals surface area (Å²) in [5.41, 5.74) is 1.98. The Bertz CT molecular complexity index is 970. The monoisotopic (exact) mass is 402 g/mol. The highest BCUT2D eigenvalue weighted by molar-refractivity contribution is 5.99. The number of morpholine rings is 1. The molecule has 30 heavy (non-hydrogen) atoms. The number of pyridine rings is 1. The molecular formula is C26H30N2O2. The first-order valence-corrected chi connectivity index (χ1v) is 11.6. The minimum absolute atomic E-state index is 0.0747. The smallest absolute Gasteiger partial charge is 0.161 e. The molecule has 156 valence electrons. The van der Waals surface area contributed by atoms with E-state index in [9.17, 15) is 4.79 Å². The topological polar surface area (TPSA) is 42.4 Å². The van der Waals surface area contributed by atoms with E-state index in [1.54, 1.807) is 0 Å². The van der Waals surface area contributed by atoms with Crippen molar-refractivity contribution in [3.05, 3.63) is 42.0 Å². The quantitative estimate of drug-likeness (QED) is 0.684. The van der Waals surface area contributed by atoms with Gasteiger partial charge in [-0.1, -0.05) is 18.2 Å². The molecule has 1 aliphatic heterocycles. The van der Waals surface area contributed by atoms with Crippen LogP contribution in [-0.4, -0.2) is 37.1 Å². The minimum atomic E-state index is -0.0747. The van der Waals surface area contributed by atoms with Crippen LogP contribution in [0.3, 0.4) is 0 Å². The molecule has 0 atom stereocenters. The number of carbonyl (C=O) groups is 1. The van der Waals surface area contributed by atoms with Crippen molar-refractivity contribution in [3.8, 4) is 0 Å². The zero-order valence-electron chi connectivity index (χ0n) is 17.6. The van der Waals surface area contributed by atoms with Crippen molar-refractivity contribution >= 4 is 28.6 Å². The van der Waals surface area contributed by atoms with Gasteiger partial charge in [0.15, 0.2) is 5.78 Å². The molecule has 4 heteroatoms. The summed E-state index contributed by atoms with van der Waals surface area (Å²) >= 11 is 0. The van der Waals surface area contributed by atoms with E-state index < -0.39 is 0 Å². The Morgan fingerprint density at radius 2 is 1.70 bits per heavy atom. The van der Waals surface area contributed by atoms with Gasteiger partial charge >= 0.3 is 0 Å². The third-order valence-corrected chi connectivity index (χ3v) is 8.02. The van der Waals surface area contributed by atoms with E-state index in [2.05, 4.69) is 23.1 Å². The van der Waals surface area contributed by atoms with E-state index >= 15 is 0 Å². The molecule has 2 heterocycles. The van der Waals surface area contributed by atoms with Gasteiger partial charge in [-0.2, -0.15) is 0 Å². The van der Waals surface area contributed by atoms with Crippen LogP contribution in [-0.2, 0) is 9.53 Å². The number of fused-ring (bicyclic) bond motifs is 1. The van der Waals surface area contributed by atoms with Crippen LogP contribution in [0.4, 0.5) is 5.82 Å². The summed E-state index contributed by atoms with van der Waals surface area (Å²) in [5.74, 6) is 3.72. The van der Waals surface area contributed by atoms with Gasteiger partial charge in [-0.25, -0.2) is 4.98 Å². The molecule has 0 spiro atoms. The van der Waals surface area contributed by atoms with Crippen molar-refractivity contribution in [1.82, 2.24) is 4.98 Å². The van der Waals surface area contributed by atoms with Gasteiger partial charge in [-0.05, 0) is 80.6 Å². The molecule has 7 rings (SSSR count). The van der Waals surface area contributed by atoms with Crippen LogP contribution in [0.25, 0.3) is 17.0 Å². The maximum Gasteiger partial charge on any atom is 0.161 e. The molecular weight excluding hydrogens is 372 g/mol. The number of allylic oxidation sites excluding steroid dienone is 1. The Kier molecular flexibility index (Phi) is 4.45. The van der Waals surface area contributed by atoms with Crippen LogP contribution in [0.5, 0.6) is 0 Å². The van der Waals surface area contributed by atoms with Crippen molar-refractivity contribution in [3.63, 3.8) is 0 Å². The lowest BCUT2D eigenvalue weighted by atomic mass is 9.48. The highest BCUT2D eigenvalue weighted by Crippen LogP contribution is 2.60. The van der Waals surface area contributed by atoms with Gasteiger partial charge in [0, 0.05) is 29.5 Å². The molecule has 1 saturated heterocycles. The van der Waals surface area contributed by atoms with E-state index in [0.29, 0.717) is 5.78 Å². The van der Waals surface area contributed by atoms with Gasteiger partial charge in [0.1, 0.15) is 5.82 Å². The molecule has 4 bridgehead atoms. The molecule has 4 nitrogen and oxygen atoms in total. The summed E-state index contributed by atoms with van der Waals surface area (Å²) in [4.78, 5) is 20.8. The van der Waals surface area contributed by atoms with Gasteiger partial charge < -0.3 is 9.64 Å². The lowest BCUT2D eigenvalue weighted by Gasteiger charge is -2.55. The Labute approximate surface area is 178 Å². The number of hydrogen-bond donors (Lipinski definition) is 0. The van der Waals surface area contributed by atoms with E-state index in [0.717, 1.165) is 85.6 Å². The molecule has 0 N–H and O–H groups in total. The van der Waals surface area contributed by atoms with Crippen molar-refractivity contribution in [2.24, 2.45) is 23.2 Å². The van der Waals surface area contributed by atoms with E-state index in [-0.39, 0.29) is 5.41 Å². The number of carbonyl (C=O) groups excluding carboxylic acids is 1. The lowest BCUT2D eigenvalue weighted by molar-refractivity contribution is -0.138. The van der Waals surface area contributed by atoms with Gasteiger partial charge in [0.25, 0.3) is 0 Å². The molecule has 0 amide bonds. The number of ether oxygens (including phenoxy) is 1. The zero-order valence-corrected chi connectivity index (χ0v) is 17.6. The van der Waals surface area contributed by atoms with Crippen LogP contribution in [0, 0.1) is 23.2 Å². The molecule has 4 aliphatic carbocycles. The number of benzene rings is 1. The maximum absolute atomic E-state index is 13.5. The second-order valence-electron chi connectivity index (χ2n) is 10.1. The number of ketones is 1. The Morgan fingerprint density at radius 3 is 2.40 bits per heavy atom. The molecule has 5 aliphatic rings. The second-order valence-corrected chi connectivity index (χ2v) is 10.1. The first-order valence-electron chi connectivity index (χ1n) is 11.6. The van der Waals surface area contributed by atoms with Crippen molar-refractivity contribution in [2.75, 3.05) is 31.2 Å². The first kappa shape index (κ1) is 18.6. The largest absolute Gasteiger partial charge is 0.378 e. The van der Waals surface area contributed by atoms with Crippen LogP contribution in [0.1, 0.15) is 44.1 Å². The number of rotatable bonds is 4. The fourth-order valence-corrected chi connectivity index (χ4v) is 7.03. The highest BCUT2D eigenvalue weighted by atomic mass is 16.5. The second kappa shape index (κ2) is 7.19. The number of anilines is 1. The van der Waals surface area contributed by atoms with Crippen LogP contribution >= 0.6 is 0 Å². The molecule has 4 saturated carbocycles.